The van der Waals surface area contributed by atoms with Gasteiger partial charge >= 0.3 is 0 Å². The van der Waals surface area contributed by atoms with Crippen LogP contribution in [0.3, 0.4) is 0 Å². The number of nitrogens with zero attached hydrogens (tertiary/aromatic N) is 2. The van der Waals surface area contributed by atoms with E-state index in [1.165, 1.54) is 0 Å². The molecule has 3 aliphatic rings. The predicted octanol–water partition coefficient (Wildman–Crippen LogP) is 1.70. The first kappa shape index (κ1) is 17.3. The van der Waals surface area contributed by atoms with Crippen LogP contribution in [0.4, 0.5) is 0 Å². The van der Waals surface area contributed by atoms with Crippen LogP contribution in [0.2, 0.25) is 5.02 Å². The van der Waals surface area contributed by atoms with Crippen molar-refractivity contribution in [1.82, 2.24) is 9.80 Å². The minimum absolute atomic E-state index is 0.133. The largest absolute Gasteiger partial charge is 0.339 e. The molecular weight excluding hydrogens is 360 g/mol. The molecule has 1 saturated carbocycles. The van der Waals surface area contributed by atoms with E-state index < -0.39 is 9.84 Å². The molecule has 4 rings (SSSR count). The summed E-state index contributed by atoms with van der Waals surface area (Å²) in [6.07, 6.45) is 2.52. The van der Waals surface area contributed by atoms with Crippen LogP contribution in [0, 0.1) is 0 Å². The highest BCUT2D eigenvalue weighted by molar-refractivity contribution is 7.91. The van der Waals surface area contributed by atoms with Gasteiger partial charge in [-0.15, -0.1) is 0 Å². The zero-order valence-electron chi connectivity index (χ0n) is 14.2. The second-order valence-electron chi connectivity index (χ2n) is 7.47. The Balaban J connectivity index is 1.39. The molecule has 2 heterocycles. The fourth-order valence-electron chi connectivity index (χ4n) is 4.18. The molecule has 25 heavy (non-hydrogen) atoms. The van der Waals surface area contributed by atoms with Gasteiger partial charge in [-0.25, -0.2) is 8.42 Å². The lowest BCUT2D eigenvalue weighted by molar-refractivity contribution is -0.136. The Morgan fingerprint density at radius 2 is 1.72 bits per heavy atom. The average molecular weight is 383 g/mol. The molecule has 1 amide bonds. The van der Waals surface area contributed by atoms with E-state index in [-0.39, 0.29) is 23.1 Å². The van der Waals surface area contributed by atoms with E-state index >= 15 is 0 Å². The van der Waals surface area contributed by atoms with Crippen molar-refractivity contribution < 1.29 is 13.2 Å². The second kappa shape index (κ2) is 6.25. The average Bonchev–Trinajstić information content (AvgIpc) is 3.33. The highest BCUT2D eigenvalue weighted by Gasteiger charge is 2.53. The predicted molar refractivity (Wildman–Crippen MR) is 97.6 cm³/mol. The minimum Gasteiger partial charge on any atom is -0.339 e. The number of piperazine rings is 1. The van der Waals surface area contributed by atoms with E-state index in [2.05, 4.69) is 4.90 Å². The summed E-state index contributed by atoms with van der Waals surface area (Å²) in [6.45, 7) is 2.90. The monoisotopic (exact) mass is 382 g/mol. The van der Waals surface area contributed by atoms with Crippen LogP contribution in [-0.2, 0) is 20.0 Å². The Kier molecular flexibility index (Phi) is 4.33. The number of carbonyl (C=O) groups is 1. The van der Waals surface area contributed by atoms with E-state index in [1.54, 1.807) is 0 Å². The maximum Gasteiger partial charge on any atom is 0.233 e. The topological polar surface area (TPSA) is 57.7 Å². The Morgan fingerprint density at radius 3 is 2.24 bits per heavy atom. The minimum atomic E-state index is -2.86. The zero-order chi connectivity index (χ0) is 17.7. The van der Waals surface area contributed by atoms with Gasteiger partial charge in [0.2, 0.25) is 5.91 Å². The number of sulfone groups is 1. The van der Waals surface area contributed by atoms with Crippen LogP contribution < -0.4 is 0 Å². The molecule has 0 bridgehead atoms. The van der Waals surface area contributed by atoms with Crippen molar-refractivity contribution in [1.29, 1.82) is 0 Å². The summed E-state index contributed by atoms with van der Waals surface area (Å²) in [5, 5.41) is 0.687. The van der Waals surface area contributed by atoms with E-state index in [4.69, 9.17) is 11.6 Å². The molecule has 7 heteroatoms. The third kappa shape index (κ3) is 3.32. The first-order valence-corrected chi connectivity index (χ1v) is 11.1. The van der Waals surface area contributed by atoms with Crippen LogP contribution in [-0.4, -0.2) is 67.9 Å². The summed E-state index contributed by atoms with van der Waals surface area (Å²) < 4.78 is 23.4. The Bertz CT molecular complexity index is 766. The smallest absolute Gasteiger partial charge is 0.233 e. The lowest BCUT2D eigenvalue weighted by Crippen LogP contribution is -2.54. The lowest BCUT2D eigenvalue weighted by atomic mass is 9.94. The summed E-state index contributed by atoms with van der Waals surface area (Å²) in [5.41, 5.74) is 0.704. The van der Waals surface area contributed by atoms with Crippen LogP contribution in [0.15, 0.2) is 24.3 Å². The van der Waals surface area contributed by atoms with E-state index in [9.17, 15) is 13.2 Å². The van der Waals surface area contributed by atoms with Crippen molar-refractivity contribution in [2.75, 3.05) is 37.7 Å². The van der Waals surface area contributed by atoms with Gasteiger partial charge in [-0.05, 0) is 37.0 Å². The van der Waals surface area contributed by atoms with Crippen LogP contribution in [0.1, 0.15) is 24.8 Å². The van der Waals surface area contributed by atoms with Crippen molar-refractivity contribution in [2.24, 2.45) is 0 Å². The van der Waals surface area contributed by atoms with Crippen LogP contribution in [0.5, 0.6) is 0 Å². The number of hydrogen-bond donors (Lipinski definition) is 0. The third-order valence-corrected chi connectivity index (χ3v) is 7.88. The fraction of sp³-hybridized carbons (Fsp3) is 0.611. The number of halogens is 1. The van der Waals surface area contributed by atoms with Crippen molar-refractivity contribution in [3.05, 3.63) is 34.9 Å². The highest BCUT2D eigenvalue weighted by Crippen LogP contribution is 2.49. The first-order valence-electron chi connectivity index (χ1n) is 8.90. The maximum atomic E-state index is 13.1. The number of carbonyl (C=O) groups excluding carboxylic acids is 1. The van der Waals surface area contributed by atoms with E-state index in [1.807, 2.05) is 29.2 Å². The van der Waals surface area contributed by atoms with Gasteiger partial charge in [-0.3, -0.25) is 9.69 Å². The Hall–Kier alpha value is -1.11. The molecule has 1 aliphatic carbocycles. The van der Waals surface area contributed by atoms with Gasteiger partial charge in [-0.1, -0.05) is 23.7 Å². The molecule has 0 spiro atoms. The number of benzene rings is 1. The summed E-state index contributed by atoms with van der Waals surface area (Å²) in [6, 6.07) is 7.76. The van der Waals surface area contributed by atoms with Gasteiger partial charge in [0, 0.05) is 37.2 Å². The van der Waals surface area contributed by atoms with Gasteiger partial charge < -0.3 is 4.90 Å². The SMILES string of the molecule is O=C(N1CCN(C2CCS(=O)(=O)C2)CC1)C1(c2ccc(Cl)cc2)CC1. The number of rotatable bonds is 3. The summed E-state index contributed by atoms with van der Waals surface area (Å²) in [5.74, 6) is 0.792. The van der Waals surface area contributed by atoms with Gasteiger partial charge in [0.25, 0.3) is 0 Å². The standard InChI is InChI=1S/C18H23ClN2O3S/c19-15-3-1-14(2-4-15)18(6-7-18)17(22)21-10-8-20(9-11-21)16-5-12-25(23,24)13-16/h1-4,16H,5-13H2. The second-order valence-corrected chi connectivity index (χ2v) is 10.1. The van der Waals surface area contributed by atoms with Gasteiger partial charge in [0.05, 0.1) is 16.9 Å². The molecule has 0 aromatic heterocycles. The zero-order valence-corrected chi connectivity index (χ0v) is 15.7. The third-order valence-electron chi connectivity index (χ3n) is 5.88. The fourth-order valence-corrected chi connectivity index (χ4v) is 6.06. The van der Waals surface area contributed by atoms with Crippen molar-refractivity contribution >= 4 is 27.3 Å². The summed E-state index contributed by atoms with van der Waals surface area (Å²) in [4.78, 5) is 17.3. The Morgan fingerprint density at radius 1 is 1.08 bits per heavy atom. The molecule has 0 radical (unpaired) electrons. The van der Waals surface area contributed by atoms with Crippen molar-refractivity contribution in [3.63, 3.8) is 0 Å². The molecule has 2 saturated heterocycles. The van der Waals surface area contributed by atoms with E-state index in [0.717, 1.165) is 37.9 Å². The first-order chi connectivity index (χ1) is 11.9. The molecule has 3 fully saturated rings. The summed E-state index contributed by atoms with van der Waals surface area (Å²) >= 11 is 5.97. The number of hydrogen-bond acceptors (Lipinski definition) is 4. The lowest BCUT2D eigenvalue weighted by Gasteiger charge is -2.39. The molecule has 1 aromatic carbocycles. The van der Waals surface area contributed by atoms with Crippen molar-refractivity contribution in [2.45, 2.75) is 30.7 Å². The Labute approximate surface area is 153 Å². The molecule has 2 aliphatic heterocycles. The molecular formula is C18H23ClN2O3S. The van der Waals surface area contributed by atoms with Gasteiger partial charge in [-0.2, -0.15) is 0 Å². The van der Waals surface area contributed by atoms with Gasteiger partial charge in [0.15, 0.2) is 9.84 Å². The molecule has 1 aromatic rings. The van der Waals surface area contributed by atoms with E-state index in [0.29, 0.717) is 23.9 Å². The molecule has 1 unspecified atom stereocenters. The molecule has 136 valence electrons. The highest BCUT2D eigenvalue weighted by atomic mass is 35.5. The van der Waals surface area contributed by atoms with Crippen molar-refractivity contribution in [3.8, 4) is 0 Å². The summed E-state index contributed by atoms with van der Waals surface area (Å²) in [7, 11) is -2.86. The molecule has 5 nitrogen and oxygen atoms in total. The normalized spacial score (nSPS) is 28.0. The molecule has 0 N–H and O–H groups in total. The quantitative estimate of drug-likeness (QED) is 0.798. The molecule has 1 atom stereocenters. The maximum absolute atomic E-state index is 13.1. The van der Waals surface area contributed by atoms with Crippen LogP contribution >= 0.6 is 11.6 Å². The number of amides is 1. The van der Waals surface area contributed by atoms with Crippen LogP contribution in [0.25, 0.3) is 0 Å². The van der Waals surface area contributed by atoms with Gasteiger partial charge in [0.1, 0.15) is 0 Å².